The number of rotatable bonds is 4. The Morgan fingerprint density at radius 1 is 1.12 bits per heavy atom. The van der Waals surface area contributed by atoms with Gasteiger partial charge in [0.15, 0.2) is 0 Å². The number of benzene rings is 1. The largest absolute Gasteiger partial charge is 0.382 e. The van der Waals surface area contributed by atoms with Gasteiger partial charge in [-0.05, 0) is 49.6 Å². The molecule has 34 heavy (non-hydrogen) atoms. The van der Waals surface area contributed by atoms with Gasteiger partial charge in [0.05, 0.1) is 6.04 Å². The van der Waals surface area contributed by atoms with Crippen molar-refractivity contribution in [3.63, 3.8) is 0 Å². The maximum Gasteiger partial charge on any atom is 0.256 e. The van der Waals surface area contributed by atoms with Crippen molar-refractivity contribution in [1.82, 2.24) is 24.3 Å². The number of carbonyl (C=O) groups excluding carboxylic acids is 2. The fourth-order valence-electron chi connectivity index (χ4n) is 4.51. The molecule has 1 saturated heterocycles. The number of anilines is 2. The van der Waals surface area contributed by atoms with Gasteiger partial charge in [0.25, 0.3) is 5.91 Å². The van der Waals surface area contributed by atoms with E-state index in [2.05, 4.69) is 15.3 Å². The molecule has 0 aliphatic carbocycles. The number of hydrogen-bond acceptors (Lipinski definition) is 6. The summed E-state index contributed by atoms with van der Waals surface area (Å²) in [5.74, 6) is 1.41. The third-order valence-corrected chi connectivity index (χ3v) is 6.14. The number of hydrogen-bond donors (Lipinski definition) is 2. The second kappa shape index (κ2) is 8.58. The minimum Gasteiger partial charge on any atom is -0.382 e. The highest BCUT2D eigenvalue weighted by Crippen LogP contribution is 2.36. The van der Waals surface area contributed by atoms with E-state index in [0.29, 0.717) is 35.0 Å². The Balaban J connectivity index is 1.50. The molecular weight excluding hydrogens is 430 g/mol. The van der Waals surface area contributed by atoms with E-state index in [4.69, 9.17) is 10.7 Å². The van der Waals surface area contributed by atoms with Crippen molar-refractivity contribution >= 4 is 29.0 Å². The number of nitrogen functional groups attached to an aromatic ring is 1. The molecule has 0 spiro atoms. The molecule has 2 amide bonds. The molecule has 3 aromatic heterocycles. The first-order valence-corrected chi connectivity index (χ1v) is 11.2. The summed E-state index contributed by atoms with van der Waals surface area (Å²) in [5, 5.41) is 2.82. The molecule has 0 bridgehead atoms. The van der Waals surface area contributed by atoms with Crippen molar-refractivity contribution in [2.24, 2.45) is 0 Å². The third kappa shape index (κ3) is 3.85. The molecule has 1 aliphatic rings. The molecule has 0 unspecified atom stereocenters. The number of aromatic nitrogens is 4. The van der Waals surface area contributed by atoms with Gasteiger partial charge in [-0.25, -0.2) is 15.0 Å². The number of likely N-dealkylation sites (tertiary alicyclic amines) is 1. The predicted octanol–water partition coefficient (Wildman–Crippen LogP) is 3.62. The maximum atomic E-state index is 12.7. The van der Waals surface area contributed by atoms with Gasteiger partial charge in [0.2, 0.25) is 5.91 Å². The lowest BCUT2D eigenvalue weighted by Gasteiger charge is -2.22. The average molecular weight is 456 g/mol. The van der Waals surface area contributed by atoms with Crippen molar-refractivity contribution in [2.45, 2.75) is 32.7 Å². The number of carbonyl (C=O) groups is 2. The number of aryl methyl sites for hydroxylation is 1. The van der Waals surface area contributed by atoms with Crippen molar-refractivity contribution in [3.05, 3.63) is 71.9 Å². The number of imidazole rings is 1. The van der Waals surface area contributed by atoms with Gasteiger partial charge in [-0.15, -0.1) is 0 Å². The van der Waals surface area contributed by atoms with Crippen LogP contribution in [0.5, 0.6) is 0 Å². The van der Waals surface area contributed by atoms with Gasteiger partial charge in [-0.2, -0.15) is 0 Å². The molecule has 1 aliphatic heterocycles. The van der Waals surface area contributed by atoms with Crippen molar-refractivity contribution in [2.75, 3.05) is 17.6 Å². The molecule has 0 radical (unpaired) electrons. The van der Waals surface area contributed by atoms with Crippen molar-refractivity contribution < 1.29 is 9.59 Å². The highest BCUT2D eigenvalue weighted by molar-refractivity contribution is 6.04. The topological polar surface area (TPSA) is 119 Å². The highest BCUT2D eigenvalue weighted by atomic mass is 16.2. The summed E-state index contributed by atoms with van der Waals surface area (Å²) >= 11 is 0. The Hall–Kier alpha value is -4.27. The van der Waals surface area contributed by atoms with Crippen molar-refractivity contribution in [1.29, 1.82) is 0 Å². The Labute approximate surface area is 196 Å². The molecule has 9 nitrogen and oxygen atoms in total. The standard InChI is InChI=1S/C25H25N7O2/c1-15-9-10-27-20(14-15)29-25(34)18-7-5-17(6-8-18)21-22-23(26)28-11-13-32(22)24(30-21)19-4-3-12-31(19)16(2)33/h5-11,13-14,19H,3-4,12H2,1-2H3,(H2,26,28)(H,27,29,34)/t19-/m0/s1. The summed E-state index contributed by atoms with van der Waals surface area (Å²) in [6.45, 7) is 4.24. The molecular formula is C25H25N7O2. The predicted molar refractivity (Wildman–Crippen MR) is 129 cm³/mol. The van der Waals surface area contributed by atoms with Gasteiger partial charge < -0.3 is 16.0 Å². The minimum atomic E-state index is -0.246. The number of fused-ring (bicyclic) bond motifs is 1. The molecule has 5 rings (SSSR count). The Morgan fingerprint density at radius 3 is 2.65 bits per heavy atom. The first kappa shape index (κ1) is 21.6. The first-order valence-electron chi connectivity index (χ1n) is 11.2. The maximum absolute atomic E-state index is 12.7. The number of amides is 2. The Morgan fingerprint density at radius 2 is 1.91 bits per heavy atom. The monoisotopic (exact) mass is 455 g/mol. The molecule has 1 fully saturated rings. The Bertz CT molecular complexity index is 1390. The van der Waals surface area contributed by atoms with E-state index in [0.717, 1.165) is 29.8 Å². The fraction of sp³-hybridized carbons (Fsp3) is 0.240. The molecule has 4 aromatic rings. The van der Waals surface area contributed by atoms with E-state index >= 15 is 0 Å². The zero-order chi connectivity index (χ0) is 23.8. The van der Waals surface area contributed by atoms with E-state index in [-0.39, 0.29) is 17.9 Å². The molecule has 4 heterocycles. The minimum absolute atomic E-state index is 0.0290. The normalized spacial score (nSPS) is 15.6. The van der Waals surface area contributed by atoms with Crippen LogP contribution in [0.2, 0.25) is 0 Å². The second-order valence-corrected chi connectivity index (χ2v) is 8.47. The lowest BCUT2D eigenvalue weighted by Crippen LogP contribution is -2.29. The van der Waals surface area contributed by atoms with Crippen LogP contribution < -0.4 is 11.1 Å². The third-order valence-electron chi connectivity index (χ3n) is 6.14. The molecule has 1 aromatic carbocycles. The molecule has 1 atom stereocenters. The fourth-order valence-corrected chi connectivity index (χ4v) is 4.51. The molecule has 172 valence electrons. The number of nitrogens with two attached hydrogens (primary N) is 1. The van der Waals surface area contributed by atoms with E-state index < -0.39 is 0 Å². The van der Waals surface area contributed by atoms with Crippen LogP contribution in [0.25, 0.3) is 16.8 Å². The van der Waals surface area contributed by atoms with E-state index in [1.54, 1.807) is 31.5 Å². The van der Waals surface area contributed by atoms with Crippen LogP contribution in [0.15, 0.2) is 55.0 Å². The van der Waals surface area contributed by atoms with Crippen LogP contribution >= 0.6 is 0 Å². The van der Waals surface area contributed by atoms with Crippen LogP contribution in [0, 0.1) is 6.92 Å². The summed E-state index contributed by atoms with van der Waals surface area (Å²) in [5.41, 5.74) is 9.93. The van der Waals surface area contributed by atoms with Crippen LogP contribution in [-0.4, -0.2) is 42.6 Å². The smallest absolute Gasteiger partial charge is 0.256 e. The lowest BCUT2D eigenvalue weighted by atomic mass is 10.1. The number of nitrogens with zero attached hydrogens (tertiary/aromatic N) is 5. The van der Waals surface area contributed by atoms with Gasteiger partial charge in [-0.3, -0.25) is 14.0 Å². The average Bonchev–Trinajstić information content (AvgIpc) is 3.45. The Kier molecular flexibility index (Phi) is 5.45. The summed E-state index contributed by atoms with van der Waals surface area (Å²) in [7, 11) is 0. The van der Waals surface area contributed by atoms with E-state index in [1.165, 1.54) is 0 Å². The van der Waals surface area contributed by atoms with E-state index in [1.807, 2.05) is 46.7 Å². The summed E-state index contributed by atoms with van der Waals surface area (Å²) < 4.78 is 1.92. The zero-order valence-electron chi connectivity index (χ0n) is 19.0. The van der Waals surface area contributed by atoms with Crippen LogP contribution in [0.3, 0.4) is 0 Å². The van der Waals surface area contributed by atoms with E-state index in [9.17, 15) is 9.59 Å². The second-order valence-electron chi connectivity index (χ2n) is 8.47. The van der Waals surface area contributed by atoms with Gasteiger partial charge in [0.1, 0.15) is 28.7 Å². The summed E-state index contributed by atoms with van der Waals surface area (Å²) in [6.07, 6.45) is 6.88. The first-order chi connectivity index (χ1) is 16.4. The van der Waals surface area contributed by atoms with Gasteiger partial charge in [-0.1, -0.05) is 12.1 Å². The van der Waals surface area contributed by atoms with Crippen LogP contribution in [0.1, 0.15) is 47.6 Å². The van der Waals surface area contributed by atoms with Crippen LogP contribution in [0.4, 0.5) is 11.6 Å². The lowest BCUT2D eigenvalue weighted by molar-refractivity contribution is -0.129. The number of pyridine rings is 1. The number of nitrogens with one attached hydrogen (secondary N) is 1. The molecule has 9 heteroatoms. The summed E-state index contributed by atoms with van der Waals surface area (Å²) in [6, 6.07) is 10.7. The molecule has 0 saturated carbocycles. The SMILES string of the molecule is CC(=O)N1CCC[C@H]1c1nc(-c2ccc(C(=O)Nc3cc(C)ccn3)cc2)c2c(N)nccn12. The van der Waals surface area contributed by atoms with Crippen molar-refractivity contribution in [3.8, 4) is 11.3 Å². The highest BCUT2D eigenvalue weighted by Gasteiger charge is 2.32. The van der Waals surface area contributed by atoms with Crippen LogP contribution in [-0.2, 0) is 4.79 Å². The molecule has 3 N–H and O–H groups in total. The van der Waals surface area contributed by atoms with Gasteiger partial charge >= 0.3 is 0 Å². The summed E-state index contributed by atoms with van der Waals surface area (Å²) in [4.78, 5) is 40.1. The quantitative estimate of drug-likeness (QED) is 0.485. The van der Waals surface area contributed by atoms with Gasteiger partial charge in [0, 0.05) is 43.2 Å². The zero-order valence-corrected chi connectivity index (χ0v) is 19.0.